The lowest BCUT2D eigenvalue weighted by atomic mass is 9.96. The van der Waals surface area contributed by atoms with Gasteiger partial charge in [-0.3, -0.25) is 9.69 Å². The number of hydrogen-bond donors (Lipinski definition) is 1. The van der Waals surface area contributed by atoms with E-state index in [1.165, 1.54) is 38.5 Å². The third kappa shape index (κ3) is 3.42. The molecule has 3 rings (SSSR count). The Hall–Kier alpha value is -0.610. The van der Waals surface area contributed by atoms with E-state index in [1.807, 2.05) is 13.8 Å². The number of rotatable bonds is 5. The van der Waals surface area contributed by atoms with Crippen molar-refractivity contribution in [3.05, 3.63) is 0 Å². The second-order valence-corrected chi connectivity index (χ2v) is 7.75. The van der Waals surface area contributed by atoms with Gasteiger partial charge in [-0.05, 0) is 58.9 Å². The Bertz CT molecular complexity index is 381. The minimum absolute atomic E-state index is 0.131. The van der Waals surface area contributed by atoms with Gasteiger partial charge in [0.15, 0.2) is 0 Å². The van der Waals surface area contributed by atoms with Crippen molar-refractivity contribution < 1.29 is 9.90 Å². The SMILES string of the molecule is CC(C)(O)C1CCCN1CC(=O)N(C1CCCC1)C1CC1. The maximum atomic E-state index is 12.8. The first-order chi connectivity index (χ1) is 9.97. The summed E-state index contributed by atoms with van der Waals surface area (Å²) in [6, 6.07) is 1.14. The molecule has 0 aromatic rings. The number of amides is 1. The molecule has 4 nitrogen and oxygen atoms in total. The molecule has 0 bridgehead atoms. The van der Waals surface area contributed by atoms with E-state index in [0.29, 0.717) is 24.5 Å². The van der Waals surface area contributed by atoms with Gasteiger partial charge in [-0.2, -0.15) is 0 Å². The monoisotopic (exact) mass is 294 g/mol. The summed E-state index contributed by atoms with van der Waals surface area (Å²) in [5, 5.41) is 10.3. The van der Waals surface area contributed by atoms with Crippen LogP contribution in [0.25, 0.3) is 0 Å². The maximum absolute atomic E-state index is 12.8. The normalized spacial score (nSPS) is 28.2. The summed E-state index contributed by atoms with van der Waals surface area (Å²) < 4.78 is 0. The van der Waals surface area contributed by atoms with Gasteiger partial charge in [0, 0.05) is 18.1 Å². The highest BCUT2D eigenvalue weighted by Crippen LogP contribution is 2.35. The number of likely N-dealkylation sites (tertiary alicyclic amines) is 1. The average Bonchev–Trinajstić information content (AvgIpc) is 2.90. The molecule has 1 unspecified atom stereocenters. The van der Waals surface area contributed by atoms with Gasteiger partial charge < -0.3 is 10.0 Å². The van der Waals surface area contributed by atoms with Crippen molar-refractivity contribution in [1.29, 1.82) is 0 Å². The fourth-order valence-corrected chi connectivity index (χ4v) is 4.31. The number of carbonyl (C=O) groups is 1. The van der Waals surface area contributed by atoms with Gasteiger partial charge in [0.1, 0.15) is 0 Å². The van der Waals surface area contributed by atoms with Gasteiger partial charge in [-0.1, -0.05) is 12.8 Å². The highest BCUT2D eigenvalue weighted by atomic mass is 16.3. The van der Waals surface area contributed by atoms with E-state index in [1.54, 1.807) is 0 Å². The molecule has 21 heavy (non-hydrogen) atoms. The van der Waals surface area contributed by atoms with Crippen LogP contribution >= 0.6 is 0 Å². The van der Waals surface area contributed by atoms with Crippen LogP contribution in [0.2, 0.25) is 0 Å². The fourth-order valence-electron chi connectivity index (χ4n) is 4.31. The van der Waals surface area contributed by atoms with E-state index in [9.17, 15) is 9.90 Å². The lowest BCUT2D eigenvalue weighted by molar-refractivity contribution is -0.136. The molecule has 3 fully saturated rings. The Morgan fingerprint density at radius 2 is 1.71 bits per heavy atom. The molecule has 1 heterocycles. The minimum atomic E-state index is -0.714. The largest absolute Gasteiger partial charge is 0.389 e. The molecule has 2 saturated carbocycles. The van der Waals surface area contributed by atoms with E-state index in [-0.39, 0.29) is 6.04 Å². The fraction of sp³-hybridized carbons (Fsp3) is 0.941. The molecule has 1 amide bonds. The zero-order chi connectivity index (χ0) is 15.0. The molecule has 1 saturated heterocycles. The van der Waals surface area contributed by atoms with Gasteiger partial charge >= 0.3 is 0 Å². The van der Waals surface area contributed by atoms with Crippen molar-refractivity contribution in [1.82, 2.24) is 9.80 Å². The van der Waals surface area contributed by atoms with Gasteiger partial charge in [0.2, 0.25) is 5.91 Å². The summed E-state index contributed by atoms with van der Waals surface area (Å²) in [5.74, 6) is 0.306. The van der Waals surface area contributed by atoms with Crippen LogP contribution in [0.5, 0.6) is 0 Å². The Balaban J connectivity index is 1.63. The first-order valence-corrected chi connectivity index (χ1v) is 8.74. The summed E-state index contributed by atoms with van der Waals surface area (Å²) in [4.78, 5) is 17.3. The Kier molecular flexibility index (Phi) is 4.28. The van der Waals surface area contributed by atoms with Crippen LogP contribution in [0, 0.1) is 0 Å². The molecule has 2 aliphatic carbocycles. The molecule has 0 aromatic heterocycles. The third-order valence-corrected chi connectivity index (χ3v) is 5.46. The molecule has 4 heteroatoms. The molecular weight excluding hydrogens is 264 g/mol. The second-order valence-electron chi connectivity index (χ2n) is 7.75. The highest BCUT2D eigenvalue weighted by Gasteiger charge is 2.41. The van der Waals surface area contributed by atoms with Crippen LogP contribution in [0.15, 0.2) is 0 Å². The van der Waals surface area contributed by atoms with Gasteiger partial charge in [0.05, 0.1) is 12.1 Å². The lowest BCUT2D eigenvalue weighted by Crippen LogP contribution is -2.51. The number of hydrogen-bond acceptors (Lipinski definition) is 3. The van der Waals surface area contributed by atoms with Crippen molar-refractivity contribution in [2.75, 3.05) is 13.1 Å². The smallest absolute Gasteiger partial charge is 0.237 e. The first kappa shape index (κ1) is 15.3. The summed E-state index contributed by atoms with van der Waals surface area (Å²) in [6.07, 6.45) is 9.41. The van der Waals surface area contributed by atoms with Gasteiger partial charge in [-0.25, -0.2) is 0 Å². The Morgan fingerprint density at radius 3 is 2.29 bits per heavy atom. The van der Waals surface area contributed by atoms with Crippen LogP contribution < -0.4 is 0 Å². The molecule has 1 aliphatic heterocycles. The number of carbonyl (C=O) groups excluding carboxylic acids is 1. The van der Waals surface area contributed by atoms with E-state index in [4.69, 9.17) is 0 Å². The van der Waals surface area contributed by atoms with Crippen molar-refractivity contribution in [3.8, 4) is 0 Å². The second kappa shape index (κ2) is 5.88. The maximum Gasteiger partial charge on any atom is 0.237 e. The Labute approximate surface area is 128 Å². The minimum Gasteiger partial charge on any atom is -0.389 e. The quantitative estimate of drug-likeness (QED) is 0.845. The lowest BCUT2D eigenvalue weighted by Gasteiger charge is -2.36. The van der Waals surface area contributed by atoms with Crippen LogP contribution in [-0.4, -0.2) is 57.6 Å². The highest BCUT2D eigenvalue weighted by molar-refractivity contribution is 5.79. The zero-order valence-corrected chi connectivity index (χ0v) is 13.6. The first-order valence-electron chi connectivity index (χ1n) is 8.74. The van der Waals surface area contributed by atoms with E-state index < -0.39 is 5.60 Å². The molecule has 0 spiro atoms. The van der Waals surface area contributed by atoms with Crippen molar-refractivity contribution in [3.63, 3.8) is 0 Å². The average molecular weight is 294 g/mol. The molecule has 120 valence electrons. The van der Waals surface area contributed by atoms with Crippen molar-refractivity contribution in [2.24, 2.45) is 0 Å². The van der Waals surface area contributed by atoms with Crippen molar-refractivity contribution >= 4 is 5.91 Å². The molecular formula is C17H30N2O2. The molecule has 3 aliphatic rings. The molecule has 0 aromatic carbocycles. The van der Waals surface area contributed by atoms with Crippen LogP contribution in [-0.2, 0) is 4.79 Å². The molecule has 1 atom stereocenters. The van der Waals surface area contributed by atoms with Gasteiger partial charge in [0.25, 0.3) is 0 Å². The predicted octanol–water partition coefficient (Wildman–Crippen LogP) is 2.16. The topological polar surface area (TPSA) is 43.8 Å². The molecule has 0 radical (unpaired) electrons. The summed E-state index contributed by atoms with van der Waals surface area (Å²) in [7, 11) is 0. The zero-order valence-electron chi connectivity index (χ0n) is 13.6. The molecule has 1 N–H and O–H groups in total. The Morgan fingerprint density at radius 1 is 1.10 bits per heavy atom. The van der Waals surface area contributed by atoms with Crippen molar-refractivity contribution in [2.45, 2.75) is 88.9 Å². The summed E-state index contributed by atoms with van der Waals surface area (Å²) >= 11 is 0. The van der Waals surface area contributed by atoms with Crippen LogP contribution in [0.1, 0.15) is 65.2 Å². The summed E-state index contributed by atoms with van der Waals surface area (Å²) in [6.45, 7) is 5.19. The number of nitrogens with zero attached hydrogens (tertiary/aromatic N) is 2. The standard InChI is InChI=1S/C17H30N2O2/c1-17(2,21)15-8-5-11-18(15)12-16(20)19(14-9-10-14)13-6-3-4-7-13/h13-15,21H,3-12H2,1-2H3. The van der Waals surface area contributed by atoms with E-state index >= 15 is 0 Å². The van der Waals surface area contributed by atoms with Gasteiger partial charge in [-0.15, -0.1) is 0 Å². The van der Waals surface area contributed by atoms with E-state index in [0.717, 1.165) is 19.4 Å². The van der Waals surface area contributed by atoms with Crippen LogP contribution in [0.3, 0.4) is 0 Å². The van der Waals surface area contributed by atoms with Crippen LogP contribution in [0.4, 0.5) is 0 Å². The number of aliphatic hydroxyl groups is 1. The predicted molar refractivity (Wildman–Crippen MR) is 83.0 cm³/mol. The summed E-state index contributed by atoms with van der Waals surface area (Å²) in [5.41, 5.74) is -0.714. The third-order valence-electron chi connectivity index (χ3n) is 5.46. The van der Waals surface area contributed by atoms with E-state index in [2.05, 4.69) is 9.80 Å².